The van der Waals surface area contributed by atoms with Crippen molar-refractivity contribution < 1.29 is 13.5 Å². The molecular formula is C21H15FO2. The predicted octanol–water partition coefficient (Wildman–Crippen LogP) is 5.91. The van der Waals surface area contributed by atoms with Gasteiger partial charge in [0.2, 0.25) is 0 Å². The van der Waals surface area contributed by atoms with E-state index in [1.54, 1.807) is 19.2 Å². The van der Waals surface area contributed by atoms with Gasteiger partial charge in [-0.15, -0.1) is 0 Å². The smallest absolute Gasteiger partial charge is 0.135 e. The van der Waals surface area contributed by atoms with E-state index >= 15 is 0 Å². The fourth-order valence-electron chi connectivity index (χ4n) is 2.76. The lowest BCUT2D eigenvalue weighted by Gasteiger charge is -2.03. The summed E-state index contributed by atoms with van der Waals surface area (Å²) in [7, 11) is 1.66. The van der Waals surface area contributed by atoms with Crippen molar-refractivity contribution in [3.8, 4) is 28.2 Å². The molecule has 1 aromatic heterocycles. The lowest BCUT2D eigenvalue weighted by Crippen LogP contribution is -1.82. The summed E-state index contributed by atoms with van der Waals surface area (Å²) in [5, 5.41) is 1.02. The molecule has 1 heterocycles. The molecule has 0 saturated carbocycles. The maximum Gasteiger partial charge on any atom is 0.135 e. The van der Waals surface area contributed by atoms with Crippen molar-refractivity contribution in [2.24, 2.45) is 0 Å². The van der Waals surface area contributed by atoms with Gasteiger partial charge in [-0.2, -0.15) is 0 Å². The fourth-order valence-corrected chi connectivity index (χ4v) is 2.76. The van der Waals surface area contributed by atoms with Crippen LogP contribution >= 0.6 is 0 Å². The van der Waals surface area contributed by atoms with Crippen molar-refractivity contribution >= 4 is 11.0 Å². The highest BCUT2D eigenvalue weighted by Gasteiger charge is 2.08. The average Bonchev–Trinajstić information content (AvgIpc) is 3.05. The van der Waals surface area contributed by atoms with Crippen LogP contribution in [0.5, 0.6) is 5.75 Å². The molecule has 0 amide bonds. The van der Waals surface area contributed by atoms with Gasteiger partial charge in [0.1, 0.15) is 22.9 Å². The van der Waals surface area contributed by atoms with E-state index in [9.17, 15) is 4.39 Å². The van der Waals surface area contributed by atoms with Crippen LogP contribution in [0.25, 0.3) is 33.4 Å². The number of hydrogen-bond donors (Lipinski definition) is 0. The van der Waals surface area contributed by atoms with Crippen molar-refractivity contribution in [2.45, 2.75) is 0 Å². The summed E-state index contributed by atoms with van der Waals surface area (Å²) in [6.07, 6.45) is 0. The molecule has 3 heteroatoms. The van der Waals surface area contributed by atoms with Crippen molar-refractivity contribution in [3.63, 3.8) is 0 Å². The summed E-state index contributed by atoms with van der Waals surface area (Å²) in [5.41, 5.74) is 3.89. The molecule has 0 fully saturated rings. The van der Waals surface area contributed by atoms with Crippen LogP contribution in [0.3, 0.4) is 0 Å². The van der Waals surface area contributed by atoms with Crippen LogP contribution in [0.2, 0.25) is 0 Å². The maximum atomic E-state index is 13.1. The second kappa shape index (κ2) is 5.85. The molecule has 0 aliphatic heterocycles. The van der Waals surface area contributed by atoms with Gasteiger partial charge in [-0.1, -0.05) is 18.2 Å². The fraction of sp³-hybridized carbons (Fsp3) is 0.0476. The summed E-state index contributed by atoms with van der Waals surface area (Å²) in [6.45, 7) is 0. The molecular weight excluding hydrogens is 303 g/mol. The first-order chi connectivity index (χ1) is 11.7. The zero-order chi connectivity index (χ0) is 16.5. The monoisotopic (exact) mass is 318 g/mol. The molecule has 0 unspecified atom stereocenters. The Morgan fingerprint density at radius 1 is 0.750 bits per heavy atom. The second-order valence-corrected chi connectivity index (χ2v) is 5.60. The van der Waals surface area contributed by atoms with E-state index in [1.165, 1.54) is 12.1 Å². The lowest BCUT2D eigenvalue weighted by atomic mass is 10.0. The largest absolute Gasteiger partial charge is 0.497 e. The molecule has 3 aromatic carbocycles. The Hall–Kier alpha value is -3.07. The Morgan fingerprint density at radius 2 is 1.42 bits per heavy atom. The molecule has 0 aliphatic rings. The second-order valence-electron chi connectivity index (χ2n) is 5.60. The van der Waals surface area contributed by atoms with Crippen molar-refractivity contribution in [1.82, 2.24) is 0 Å². The van der Waals surface area contributed by atoms with E-state index in [-0.39, 0.29) is 5.82 Å². The zero-order valence-corrected chi connectivity index (χ0v) is 13.1. The first kappa shape index (κ1) is 14.5. The molecule has 0 N–H and O–H groups in total. The van der Waals surface area contributed by atoms with Crippen LogP contribution in [0.15, 0.2) is 77.2 Å². The SMILES string of the molecule is COc1ccc(-c2ccc3oc(-c4ccc(F)cc4)cc3c2)cc1. The third-order valence-corrected chi connectivity index (χ3v) is 4.07. The Morgan fingerprint density at radius 3 is 2.12 bits per heavy atom. The molecule has 4 aromatic rings. The number of ether oxygens (including phenoxy) is 1. The zero-order valence-electron chi connectivity index (χ0n) is 13.1. The number of furan rings is 1. The minimum atomic E-state index is -0.253. The maximum absolute atomic E-state index is 13.1. The highest BCUT2D eigenvalue weighted by atomic mass is 19.1. The number of rotatable bonds is 3. The Labute approximate surface area is 139 Å². The molecule has 0 radical (unpaired) electrons. The normalized spacial score (nSPS) is 10.9. The van der Waals surface area contributed by atoms with Crippen LogP contribution in [0.1, 0.15) is 0 Å². The number of methoxy groups -OCH3 is 1. The van der Waals surface area contributed by atoms with Gasteiger partial charge in [0.15, 0.2) is 0 Å². The molecule has 4 rings (SSSR count). The van der Waals surface area contributed by atoms with Crippen molar-refractivity contribution in [2.75, 3.05) is 7.11 Å². The van der Waals surface area contributed by atoms with Gasteiger partial charge in [0.05, 0.1) is 7.11 Å². The molecule has 0 atom stereocenters. The van der Waals surface area contributed by atoms with Crippen molar-refractivity contribution in [1.29, 1.82) is 0 Å². The standard InChI is InChI=1S/C21H15FO2/c1-23-19-9-4-14(5-10-19)16-6-11-20-17(12-16)13-21(24-20)15-2-7-18(22)8-3-15/h2-13H,1H3. The van der Waals surface area contributed by atoms with E-state index in [1.807, 2.05) is 42.5 Å². The van der Waals surface area contributed by atoms with Crippen LogP contribution in [0, 0.1) is 5.82 Å². The molecule has 2 nitrogen and oxygen atoms in total. The first-order valence-corrected chi connectivity index (χ1v) is 7.67. The highest BCUT2D eigenvalue weighted by molar-refractivity contribution is 5.87. The van der Waals surface area contributed by atoms with E-state index in [0.717, 1.165) is 39.2 Å². The number of benzene rings is 3. The van der Waals surface area contributed by atoms with E-state index in [2.05, 4.69) is 6.07 Å². The Bertz CT molecular complexity index is 983. The van der Waals surface area contributed by atoms with Crippen LogP contribution < -0.4 is 4.74 Å². The van der Waals surface area contributed by atoms with Gasteiger partial charge >= 0.3 is 0 Å². The van der Waals surface area contributed by atoms with Crippen LogP contribution in [-0.4, -0.2) is 7.11 Å². The summed E-state index contributed by atoms with van der Waals surface area (Å²) in [6, 6.07) is 22.3. The molecule has 24 heavy (non-hydrogen) atoms. The lowest BCUT2D eigenvalue weighted by molar-refractivity contribution is 0.415. The molecule has 0 bridgehead atoms. The third-order valence-electron chi connectivity index (χ3n) is 4.07. The predicted molar refractivity (Wildman–Crippen MR) is 93.6 cm³/mol. The summed E-state index contributed by atoms with van der Waals surface area (Å²) in [4.78, 5) is 0. The minimum absolute atomic E-state index is 0.253. The van der Waals surface area contributed by atoms with Gasteiger partial charge in [-0.25, -0.2) is 4.39 Å². The number of halogens is 1. The van der Waals surface area contributed by atoms with Crippen LogP contribution in [0.4, 0.5) is 4.39 Å². The topological polar surface area (TPSA) is 22.4 Å². The number of fused-ring (bicyclic) bond motifs is 1. The molecule has 0 saturated heterocycles. The summed E-state index contributed by atoms with van der Waals surface area (Å²) >= 11 is 0. The number of hydrogen-bond acceptors (Lipinski definition) is 2. The summed E-state index contributed by atoms with van der Waals surface area (Å²) in [5.74, 6) is 1.32. The van der Waals surface area contributed by atoms with Gasteiger partial charge in [0, 0.05) is 10.9 Å². The van der Waals surface area contributed by atoms with E-state index in [4.69, 9.17) is 9.15 Å². The average molecular weight is 318 g/mol. The Balaban J connectivity index is 1.73. The van der Waals surface area contributed by atoms with Crippen molar-refractivity contribution in [3.05, 3.63) is 78.6 Å². The minimum Gasteiger partial charge on any atom is -0.497 e. The van der Waals surface area contributed by atoms with E-state index in [0.29, 0.717) is 0 Å². The third kappa shape index (κ3) is 2.65. The Kier molecular flexibility index (Phi) is 3.54. The van der Waals surface area contributed by atoms with Gasteiger partial charge in [0.25, 0.3) is 0 Å². The molecule has 0 aliphatic carbocycles. The highest BCUT2D eigenvalue weighted by Crippen LogP contribution is 2.31. The van der Waals surface area contributed by atoms with Gasteiger partial charge in [-0.3, -0.25) is 0 Å². The van der Waals surface area contributed by atoms with Crippen LogP contribution in [-0.2, 0) is 0 Å². The van der Waals surface area contributed by atoms with Gasteiger partial charge in [-0.05, 0) is 65.7 Å². The van der Waals surface area contributed by atoms with Gasteiger partial charge < -0.3 is 9.15 Å². The summed E-state index contributed by atoms with van der Waals surface area (Å²) < 4.78 is 24.1. The molecule has 118 valence electrons. The van der Waals surface area contributed by atoms with E-state index < -0.39 is 0 Å². The first-order valence-electron chi connectivity index (χ1n) is 7.67. The quantitative estimate of drug-likeness (QED) is 0.468. The molecule has 0 spiro atoms.